The molecule has 1 unspecified atom stereocenters. The molecule has 2 amide bonds. The fourth-order valence-corrected chi connectivity index (χ4v) is 3.75. The topological polar surface area (TPSA) is 70.7 Å². The van der Waals surface area contributed by atoms with Crippen molar-refractivity contribution in [3.05, 3.63) is 65.2 Å². The number of rotatable bonds is 9. The molecule has 1 fully saturated rings. The molecule has 2 aromatic rings. The lowest BCUT2D eigenvalue weighted by Crippen LogP contribution is -2.32. The molecule has 1 atom stereocenters. The third-order valence-electron chi connectivity index (χ3n) is 5.40. The summed E-state index contributed by atoms with van der Waals surface area (Å²) in [6.07, 6.45) is 2.76. The molecule has 160 valence electrons. The summed E-state index contributed by atoms with van der Waals surface area (Å²) < 4.78 is 5.17. The number of benzene rings is 2. The average molecular weight is 410 g/mol. The Morgan fingerprint density at radius 2 is 1.63 bits per heavy atom. The van der Waals surface area contributed by atoms with Gasteiger partial charge in [-0.05, 0) is 54.8 Å². The minimum Gasteiger partial charge on any atom is -0.497 e. The van der Waals surface area contributed by atoms with Crippen LogP contribution < -0.4 is 15.4 Å². The molecule has 0 radical (unpaired) electrons. The van der Waals surface area contributed by atoms with E-state index in [1.165, 1.54) is 38.4 Å². The van der Waals surface area contributed by atoms with Gasteiger partial charge in [-0.2, -0.15) is 0 Å². The maximum atomic E-state index is 12.5. The number of ether oxygens (including phenoxy) is 1. The van der Waals surface area contributed by atoms with Gasteiger partial charge in [-0.1, -0.05) is 36.4 Å². The van der Waals surface area contributed by atoms with Gasteiger partial charge in [0.25, 0.3) is 0 Å². The van der Waals surface area contributed by atoms with E-state index >= 15 is 0 Å². The number of carbonyl (C=O) groups excluding carboxylic acids is 2. The molecular weight excluding hydrogens is 378 g/mol. The average Bonchev–Trinajstić information content (AvgIpc) is 3.25. The zero-order valence-corrected chi connectivity index (χ0v) is 17.8. The van der Waals surface area contributed by atoms with Gasteiger partial charge in [0.15, 0.2) is 0 Å². The van der Waals surface area contributed by atoms with Crippen molar-refractivity contribution in [2.24, 2.45) is 0 Å². The lowest BCUT2D eigenvalue weighted by atomic mass is 10.0. The SMILES string of the molecule is COc1ccc(C(CC(=O)NCc2ccc(CN3CCCC3)cc2)NC(C)=O)cc1. The number of nitrogens with zero attached hydrogens (tertiary/aromatic N) is 1. The fraction of sp³-hybridized carbons (Fsp3) is 0.417. The third kappa shape index (κ3) is 6.59. The number of methoxy groups -OCH3 is 1. The van der Waals surface area contributed by atoms with E-state index in [1.807, 2.05) is 24.3 Å². The minimum absolute atomic E-state index is 0.106. The van der Waals surface area contributed by atoms with Crippen LogP contribution in [-0.4, -0.2) is 36.9 Å². The van der Waals surface area contributed by atoms with Gasteiger partial charge in [-0.25, -0.2) is 0 Å². The fourth-order valence-electron chi connectivity index (χ4n) is 3.75. The molecule has 6 heteroatoms. The molecule has 0 bridgehead atoms. The van der Waals surface area contributed by atoms with Gasteiger partial charge >= 0.3 is 0 Å². The van der Waals surface area contributed by atoms with Crippen LogP contribution in [0.15, 0.2) is 48.5 Å². The van der Waals surface area contributed by atoms with E-state index in [-0.39, 0.29) is 24.3 Å². The monoisotopic (exact) mass is 409 g/mol. The van der Waals surface area contributed by atoms with Crippen LogP contribution in [0.3, 0.4) is 0 Å². The Morgan fingerprint density at radius 1 is 1.00 bits per heavy atom. The molecule has 0 aliphatic carbocycles. The van der Waals surface area contributed by atoms with Crippen LogP contribution >= 0.6 is 0 Å². The second-order valence-corrected chi connectivity index (χ2v) is 7.81. The summed E-state index contributed by atoms with van der Waals surface area (Å²) >= 11 is 0. The summed E-state index contributed by atoms with van der Waals surface area (Å²) in [5.41, 5.74) is 3.23. The molecule has 30 heavy (non-hydrogen) atoms. The molecule has 0 saturated carbocycles. The van der Waals surface area contributed by atoms with Gasteiger partial charge < -0.3 is 15.4 Å². The maximum absolute atomic E-state index is 12.5. The second kappa shape index (κ2) is 10.8. The van der Waals surface area contributed by atoms with Crippen LogP contribution in [-0.2, 0) is 22.7 Å². The Balaban J connectivity index is 1.52. The predicted molar refractivity (Wildman–Crippen MR) is 117 cm³/mol. The Morgan fingerprint density at radius 3 is 2.23 bits per heavy atom. The van der Waals surface area contributed by atoms with E-state index in [0.717, 1.165) is 23.4 Å². The highest BCUT2D eigenvalue weighted by atomic mass is 16.5. The van der Waals surface area contributed by atoms with Crippen molar-refractivity contribution in [1.82, 2.24) is 15.5 Å². The van der Waals surface area contributed by atoms with Gasteiger partial charge in [0.2, 0.25) is 11.8 Å². The first-order valence-corrected chi connectivity index (χ1v) is 10.5. The van der Waals surface area contributed by atoms with Crippen molar-refractivity contribution in [3.8, 4) is 5.75 Å². The molecule has 3 rings (SSSR count). The Kier molecular flexibility index (Phi) is 7.85. The predicted octanol–water partition coefficient (Wildman–Crippen LogP) is 3.17. The van der Waals surface area contributed by atoms with Crippen molar-refractivity contribution in [1.29, 1.82) is 0 Å². The van der Waals surface area contributed by atoms with Gasteiger partial charge in [0.05, 0.1) is 19.6 Å². The molecule has 0 spiro atoms. The van der Waals surface area contributed by atoms with E-state index < -0.39 is 0 Å². The second-order valence-electron chi connectivity index (χ2n) is 7.81. The van der Waals surface area contributed by atoms with Crippen molar-refractivity contribution in [3.63, 3.8) is 0 Å². The summed E-state index contributed by atoms with van der Waals surface area (Å²) in [6, 6.07) is 15.4. The number of amides is 2. The summed E-state index contributed by atoms with van der Waals surface area (Å²) in [4.78, 5) is 26.6. The van der Waals surface area contributed by atoms with Crippen molar-refractivity contribution in [2.75, 3.05) is 20.2 Å². The standard InChI is InChI=1S/C24H31N3O3/c1-18(28)26-23(21-9-11-22(30-2)12-10-21)15-24(29)25-16-19-5-7-20(8-6-19)17-27-13-3-4-14-27/h5-12,23H,3-4,13-17H2,1-2H3,(H,25,29)(H,26,28). The highest BCUT2D eigenvalue weighted by Gasteiger charge is 2.17. The van der Waals surface area contributed by atoms with Crippen LogP contribution in [0.25, 0.3) is 0 Å². The first-order chi connectivity index (χ1) is 14.5. The zero-order chi connectivity index (χ0) is 21.3. The molecule has 2 N–H and O–H groups in total. The van der Waals surface area contributed by atoms with Crippen LogP contribution in [0.1, 0.15) is 48.9 Å². The highest BCUT2D eigenvalue weighted by Crippen LogP contribution is 2.20. The van der Waals surface area contributed by atoms with E-state index in [2.05, 4.69) is 39.8 Å². The first-order valence-electron chi connectivity index (χ1n) is 10.5. The van der Waals surface area contributed by atoms with Crippen LogP contribution in [0.2, 0.25) is 0 Å². The number of nitrogens with one attached hydrogen (secondary N) is 2. The minimum atomic E-state index is -0.378. The summed E-state index contributed by atoms with van der Waals surface area (Å²) in [5, 5.41) is 5.82. The summed E-state index contributed by atoms with van der Waals surface area (Å²) in [5.74, 6) is 0.459. The van der Waals surface area contributed by atoms with Crippen LogP contribution in [0, 0.1) is 0 Å². The van der Waals surface area contributed by atoms with E-state index in [0.29, 0.717) is 6.54 Å². The quantitative estimate of drug-likeness (QED) is 0.667. The number of carbonyl (C=O) groups is 2. The lowest BCUT2D eigenvalue weighted by molar-refractivity contribution is -0.122. The first kappa shape index (κ1) is 21.8. The van der Waals surface area contributed by atoms with E-state index in [4.69, 9.17) is 4.74 Å². The smallest absolute Gasteiger partial charge is 0.222 e. The number of hydrogen-bond acceptors (Lipinski definition) is 4. The normalized spacial score (nSPS) is 14.9. The van der Waals surface area contributed by atoms with E-state index in [1.54, 1.807) is 7.11 Å². The summed E-state index contributed by atoms with van der Waals surface area (Å²) in [7, 11) is 1.60. The molecular formula is C24H31N3O3. The van der Waals surface area contributed by atoms with Crippen molar-refractivity contribution in [2.45, 2.75) is 45.3 Å². The van der Waals surface area contributed by atoms with Gasteiger partial charge in [0.1, 0.15) is 5.75 Å². The van der Waals surface area contributed by atoms with E-state index in [9.17, 15) is 9.59 Å². The Hall–Kier alpha value is -2.86. The number of hydrogen-bond donors (Lipinski definition) is 2. The van der Waals surface area contributed by atoms with Crippen LogP contribution in [0.4, 0.5) is 0 Å². The van der Waals surface area contributed by atoms with Crippen molar-refractivity contribution >= 4 is 11.8 Å². The van der Waals surface area contributed by atoms with Gasteiger partial charge in [-0.3, -0.25) is 14.5 Å². The van der Waals surface area contributed by atoms with Crippen LogP contribution in [0.5, 0.6) is 5.75 Å². The Bertz CT molecular complexity index is 828. The maximum Gasteiger partial charge on any atom is 0.222 e. The van der Waals surface area contributed by atoms with Gasteiger partial charge in [-0.15, -0.1) is 0 Å². The third-order valence-corrected chi connectivity index (χ3v) is 5.40. The summed E-state index contributed by atoms with van der Waals surface area (Å²) in [6.45, 7) is 5.28. The number of likely N-dealkylation sites (tertiary alicyclic amines) is 1. The molecule has 6 nitrogen and oxygen atoms in total. The molecule has 1 saturated heterocycles. The van der Waals surface area contributed by atoms with Gasteiger partial charge in [0, 0.05) is 20.0 Å². The molecule has 1 aliphatic heterocycles. The largest absolute Gasteiger partial charge is 0.497 e. The molecule has 1 aliphatic rings. The molecule has 0 aromatic heterocycles. The molecule has 1 heterocycles. The lowest BCUT2D eigenvalue weighted by Gasteiger charge is -2.18. The zero-order valence-electron chi connectivity index (χ0n) is 17.8. The highest BCUT2D eigenvalue weighted by molar-refractivity contribution is 5.79. The Labute approximate surface area is 178 Å². The molecule has 2 aromatic carbocycles. The van der Waals surface area contributed by atoms with Crippen molar-refractivity contribution < 1.29 is 14.3 Å².